The fourth-order valence-electron chi connectivity index (χ4n) is 1.54. The quantitative estimate of drug-likeness (QED) is 0.846. The van der Waals surface area contributed by atoms with E-state index in [1.165, 1.54) is 0 Å². The molecule has 0 aliphatic heterocycles. The molecule has 0 radical (unpaired) electrons. The molecule has 1 N–H and O–H groups in total. The van der Waals surface area contributed by atoms with Crippen LogP contribution < -0.4 is 5.32 Å². The second kappa shape index (κ2) is 4.33. The van der Waals surface area contributed by atoms with Gasteiger partial charge in [0.15, 0.2) is 0 Å². The van der Waals surface area contributed by atoms with Crippen LogP contribution in [0.25, 0.3) is 5.65 Å². The fraction of sp³-hybridized carbons (Fsp3) is 0.333. The van der Waals surface area contributed by atoms with Crippen LogP contribution in [-0.2, 0) is 6.54 Å². The Balaban J connectivity index is 2.35. The van der Waals surface area contributed by atoms with Crippen LogP contribution in [0.1, 0.15) is 25.1 Å². The molecule has 0 saturated carbocycles. The van der Waals surface area contributed by atoms with Gasteiger partial charge in [-0.1, -0.05) is 13.8 Å². The lowest BCUT2D eigenvalue weighted by molar-refractivity contribution is 0.579. The van der Waals surface area contributed by atoms with Gasteiger partial charge in [-0.25, -0.2) is 4.98 Å². The van der Waals surface area contributed by atoms with Gasteiger partial charge in [0.25, 0.3) is 0 Å². The molecule has 82 valence electrons. The molecule has 0 unspecified atom stereocenters. The van der Waals surface area contributed by atoms with Gasteiger partial charge in [0, 0.05) is 18.8 Å². The minimum Gasteiger partial charge on any atom is -0.309 e. The first-order valence-corrected chi connectivity index (χ1v) is 5.30. The maximum absolute atomic E-state index is 8.84. The predicted octanol–water partition coefficient (Wildman–Crippen LogP) is 1.70. The molecule has 4 nitrogen and oxygen atoms in total. The first kappa shape index (κ1) is 10.7. The third-order valence-electron chi connectivity index (χ3n) is 2.40. The van der Waals surface area contributed by atoms with E-state index in [1.807, 2.05) is 22.9 Å². The van der Waals surface area contributed by atoms with Crippen LogP contribution in [0.3, 0.4) is 0 Å². The van der Waals surface area contributed by atoms with E-state index in [1.54, 1.807) is 6.07 Å². The maximum atomic E-state index is 8.84. The molecular formula is C12H14N4. The molecule has 0 atom stereocenters. The largest absolute Gasteiger partial charge is 0.309 e. The zero-order valence-corrected chi connectivity index (χ0v) is 9.44. The van der Waals surface area contributed by atoms with E-state index < -0.39 is 0 Å². The van der Waals surface area contributed by atoms with Crippen LogP contribution in [0.4, 0.5) is 0 Å². The third-order valence-corrected chi connectivity index (χ3v) is 2.40. The van der Waals surface area contributed by atoms with Crippen molar-refractivity contribution in [1.82, 2.24) is 14.7 Å². The molecule has 0 saturated heterocycles. The summed E-state index contributed by atoms with van der Waals surface area (Å²) in [6.45, 7) is 4.96. The van der Waals surface area contributed by atoms with Gasteiger partial charge in [-0.3, -0.25) is 0 Å². The first-order chi connectivity index (χ1) is 7.70. The smallest absolute Gasteiger partial charge is 0.137 e. The van der Waals surface area contributed by atoms with Gasteiger partial charge in [0.2, 0.25) is 0 Å². The zero-order valence-electron chi connectivity index (χ0n) is 9.44. The molecular weight excluding hydrogens is 200 g/mol. The monoisotopic (exact) mass is 214 g/mol. The molecule has 2 aromatic rings. The lowest BCUT2D eigenvalue weighted by Crippen LogP contribution is -2.22. The van der Waals surface area contributed by atoms with E-state index in [-0.39, 0.29) is 0 Å². The Bertz CT molecular complexity index is 533. The minimum absolute atomic E-state index is 0.435. The number of aromatic nitrogens is 2. The maximum Gasteiger partial charge on any atom is 0.137 e. The van der Waals surface area contributed by atoms with Crippen LogP contribution in [-0.4, -0.2) is 15.4 Å². The van der Waals surface area contributed by atoms with Gasteiger partial charge in [0.05, 0.1) is 17.5 Å². The molecule has 2 heterocycles. The van der Waals surface area contributed by atoms with Crippen LogP contribution in [0.2, 0.25) is 0 Å². The van der Waals surface area contributed by atoms with Crippen molar-refractivity contribution in [2.24, 2.45) is 0 Å². The number of fused-ring (bicyclic) bond motifs is 1. The summed E-state index contributed by atoms with van der Waals surface area (Å²) in [5.41, 5.74) is 2.59. The van der Waals surface area contributed by atoms with Crippen LogP contribution in [0.5, 0.6) is 0 Å². The molecule has 2 aromatic heterocycles. The third kappa shape index (κ3) is 2.05. The Kier molecular flexibility index (Phi) is 2.88. The van der Waals surface area contributed by atoms with Gasteiger partial charge in [-0.2, -0.15) is 5.26 Å². The number of hydrogen-bond acceptors (Lipinski definition) is 3. The number of nitrogens with one attached hydrogen (secondary N) is 1. The summed E-state index contributed by atoms with van der Waals surface area (Å²) < 4.78 is 1.95. The van der Waals surface area contributed by atoms with Gasteiger partial charge < -0.3 is 9.72 Å². The highest BCUT2D eigenvalue weighted by molar-refractivity contribution is 5.44. The summed E-state index contributed by atoms with van der Waals surface area (Å²) in [4.78, 5) is 4.29. The standard InChI is InChI=1S/C12H14N4/c1-9(2)14-6-11-7-15-12-4-3-10(5-13)8-16(11)12/h3-4,7-9,14H,6H2,1-2H3. The molecule has 0 spiro atoms. The lowest BCUT2D eigenvalue weighted by Gasteiger charge is -2.07. The number of nitrogens with zero attached hydrogens (tertiary/aromatic N) is 3. The van der Waals surface area contributed by atoms with E-state index in [9.17, 15) is 0 Å². The molecule has 4 heteroatoms. The highest BCUT2D eigenvalue weighted by Crippen LogP contribution is 2.08. The van der Waals surface area contributed by atoms with Crippen LogP contribution >= 0.6 is 0 Å². The first-order valence-electron chi connectivity index (χ1n) is 5.30. The zero-order chi connectivity index (χ0) is 11.5. The highest BCUT2D eigenvalue weighted by Gasteiger charge is 2.04. The van der Waals surface area contributed by atoms with Crippen molar-refractivity contribution in [3.05, 3.63) is 35.8 Å². The average Bonchev–Trinajstić information content (AvgIpc) is 2.68. The van der Waals surface area contributed by atoms with E-state index in [4.69, 9.17) is 5.26 Å². The van der Waals surface area contributed by atoms with Crippen molar-refractivity contribution in [3.63, 3.8) is 0 Å². The second-order valence-electron chi connectivity index (χ2n) is 4.04. The number of rotatable bonds is 3. The number of imidazole rings is 1. The average molecular weight is 214 g/mol. The normalized spacial score (nSPS) is 10.9. The van der Waals surface area contributed by atoms with Crippen molar-refractivity contribution in [2.45, 2.75) is 26.4 Å². The topological polar surface area (TPSA) is 53.1 Å². The second-order valence-corrected chi connectivity index (χ2v) is 4.04. The van der Waals surface area contributed by atoms with E-state index >= 15 is 0 Å². The molecule has 0 aliphatic carbocycles. The van der Waals surface area contributed by atoms with Crippen LogP contribution in [0.15, 0.2) is 24.5 Å². The highest BCUT2D eigenvalue weighted by atomic mass is 15.0. The van der Waals surface area contributed by atoms with Crippen LogP contribution in [0, 0.1) is 11.3 Å². The summed E-state index contributed by atoms with van der Waals surface area (Å²) in [6, 6.07) is 6.21. The number of hydrogen-bond donors (Lipinski definition) is 1. The number of nitriles is 1. The SMILES string of the molecule is CC(C)NCc1cnc2ccc(C#N)cn12. The summed E-state index contributed by atoms with van der Waals surface area (Å²) >= 11 is 0. The van der Waals surface area contributed by atoms with Crippen molar-refractivity contribution >= 4 is 5.65 Å². The van der Waals surface area contributed by atoms with Crippen molar-refractivity contribution in [3.8, 4) is 6.07 Å². The molecule has 0 amide bonds. The summed E-state index contributed by atoms with van der Waals surface area (Å²) in [6.07, 6.45) is 3.66. The molecule has 0 bridgehead atoms. The predicted molar refractivity (Wildman–Crippen MR) is 61.9 cm³/mol. The van der Waals surface area contributed by atoms with E-state index in [0.29, 0.717) is 11.6 Å². The van der Waals surface area contributed by atoms with Gasteiger partial charge in [0.1, 0.15) is 11.7 Å². The Morgan fingerprint density at radius 1 is 1.50 bits per heavy atom. The lowest BCUT2D eigenvalue weighted by atomic mass is 10.3. The van der Waals surface area contributed by atoms with Crippen molar-refractivity contribution < 1.29 is 0 Å². The summed E-state index contributed by atoms with van der Waals surface area (Å²) in [5, 5.41) is 12.2. The van der Waals surface area contributed by atoms with Gasteiger partial charge in [-0.15, -0.1) is 0 Å². The summed E-state index contributed by atoms with van der Waals surface area (Å²) in [5.74, 6) is 0. The Morgan fingerprint density at radius 2 is 2.31 bits per heavy atom. The minimum atomic E-state index is 0.435. The Morgan fingerprint density at radius 3 is 3.00 bits per heavy atom. The molecule has 0 aromatic carbocycles. The van der Waals surface area contributed by atoms with Crippen molar-refractivity contribution in [2.75, 3.05) is 0 Å². The summed E-state index contributed by atoms with van der Waals surface area (Å²) in [7, 11) is 0. The molecule has 16 heavy (non-hydrogen) atoms. The molecule has 2 rings (SSSR count). The van der Waals surface area contributed by atoms with E-state index in [0.717, 1.165) is 17.9 Å². The van der Waals surface area contributed by atoms with Crippen molar-refractivity contribution in [1.29, 1.82) is 5.26 Å². The number of pyridine rings is 1. The fourth-order valence-corrected chi connectivity index (χ4v) is 1.54. The van der Waals surface area contributed by atoms with Gasteiger partial charge >= 0.3 is 0 Å². The Hall–Kier alpha value is -1.86. The Labute approximate surface area is 94.5 Å². The molecule has 0 aliphatic rings. The molecule has 0 fully saturated rings. The van der Waals surface area contributed by atoms with E-state index in [2.05, 4.69) is 30.2 Å². The van der Waals surface area contributed by atoms with Gasteiger partial charge in [-0.05, 0) is 12.1 Å².